The van der Waals surface area contributed by atoms with E-state index in [1.807, 2.05) is 48.5 Å². The molecule has 1 atom stereocenters. The zero-order valence-electron chi connectivity index (χ0n) is 19.5. The van der Waals surface area contributed by atoms with Gasteiger partial charge < -0.3 is 19.9 Å². The molecule has 0 aliphatic carbocycles. The lowest BCUT2D eigenvalue weighted by Crippen LogP contribution is -2.52. The van der Waals surface area contributed by atoms with E-state index in [1.54, 1.807) is 6.20 Å². The molecular formula is C26H28N6O2. The average Bonchev–Trinajstić information content (AvgIpc) is 3.19. The lowest BCUT2D eigenvalue weighted by molar-refractivity contribution is -0.0507. The molecule has 174 valence electrons. The number of amides is 1. The number of pyridine rings is 1. The van der Waals surface area contributed by atoms with Crippen molar-refractivity contribution in [3.8, 4) is 11.3 Å². The first kappa shape index (κ1) is 21.2. The van der Waals surface area contributed by atoms with Crippen molar-refractivity contribution in [3.05, 3.63) is 65.6 Å². The van der Waals surface area contributed by atoms with Crippen molar-refractivity contribution in [2.75, 3.05) is 44.3 Å². The van der Waals surface area contributed by atoms with Crippen LogP contribution in [0.25, 0.3) is 11.3 Å². The Bertz CT molecular complexity index is 1240. The summed E-state index contributed by atoms with van der Waals surface area (Å²) in [5.74, 6) is 0.700. The second-order valence-corrected chi connectivity index (χ2v) is 9.63. The first-order valence-electron chi connectivity index (χ1n) is 11.8. The van der Waals surface area contributed by atoms with Crippen LogP contribution in [0.2, 0.25) is 0 Å². The van der Waals surface area contributed by atoms with Crippen molar-refractivity contribution >= 4 is 17.5 Å². The van der Waals surface area contributed by atoms with Crippen LogP contribution in [0.3, 0.4) is 0 Å². The number of carbonyl (C=O) groups is 1. The fourth-order valence-electron chi connectivity index (χ4n) is 5.18. The number of carbonyl (C=O) groups excluding carboxylic acids is 1. The third-order valence-electron chi connectivity index (χ3n) is 7.18. The van der Waals surface area contributed by atoms with Gasteiger partial charge in [-0.25, -0.2) is 9.97 Å². The summed E-state index contributed by atoms with van der Waals surface area (Å²) in [5.41, 5.74) is 5.72. The van der Waals surface area contributed by atoms with Crippen molar-refractivity contribution in [2.24, 2.45) is 0 Å². The molecule has 1 aromatic carbocycles. The van der Waals surface area contributed by atoms with E-state index in [9.17, 15) is 4.79 Å². The lowest BCUT2D eigenvalue weighted by Gasteiger charge is -2.38. The largest absolute Gasteiger partial charge is 0.379 e. The van der Waals surface area contributed by atoms with Crippen LogP contribution < -0.4 is 10.2 Å². The monoisotopic (exact) mass is 456 g/mol. The van der Waals surface area contributed by atoms with Gasteiger partial charge in [-0.3, -0.25) is 9.78 Å². The minimum absolute atomic E-state index is 0.0701. The van der Waals surface area contributed by atoms with E-state index in [1.165, 1.54) is 5.56 Å². The normalized spacial score (nSPS) is 20.8. The van der Waals surface area contributed by atoms with Crippen LogP contribution in [0.5, 0.6) is 0 Å². The predicted molar refractivity (Wildman–Crippen MR) is 129 cm³/mol. The maximum Gasteiger partial charge on any atom is 0.254 e. The Balaban J connectivity index is 1.34. The van der Waals surface area contributed by atoms with E-state index in [-0.39, 0.29) is 17.4 Å². The molecule has 1 spiro atoms. The van der Waals surface area contributed by atoms with Gasteiger partial charge in [0.25, 0.3) is 5.91 Å². The number of anilines is 2. The highest BCUT2D eigenvalue weighted by Crippen LogP contribution is 2.48. The van der Waals surface area contributed by atoms with E-state index < -0.39 is 0 Å². The number of piperazine rings is 1. The number of hydrogen-bond acceptors (Lipinski definition) is 7. The summed E-state index contributed by atoms with van der Waals surface area (Å²) < 4.78 is 5.62. The quantitative estimate of drug-likeness (QED) is 0.649. The smallest absolute Gasteiger partial charge is 0.254 e. The first-order valence-corrected chi connectivity index (χ1v) is 11.8. The highest BCUT2D eigenvalue weighted by atomic mass is 16.5. The van der Waals surface area contributed by atoms with Crippen LogP contribution in [0, 0.1) is 6.92 Å². The number of benzene rings is 1. The van der Waals surface area contributed by atoms with Gasteiger partial charge in [0, 0.05) is 67.6 Å². The molecule has 6 rings (SSSR count). The minimum atomic E-state index is -0.0701. The van der Waals surface area contributed by atoms with Gasteiger partial charge in [-0.1, -0.05) is 6.07 Å². The van der Waals surface area contributed by atoms with Crippen molar-refractivity contribution < 1.29 is 9.53 Å². The molecule has 8 nitrogen and oxygen atoms in total. The third kappa shape index (κ3) is 3.45. The van der Waals surface area contributed by atoms with Gasteiger partial charge in [-0.05, 0) is 49.2 Å². The molecule has 0 bridgehead atoms. The molecule has 5 heterocycles. The van der Waals surface area contributed by atoms with Crippen LogP contribution >= 0.6 is 0 Å². The number of nitrogens with zero attached hydrogens (tertiary/aromatic N) is 5. The molecule has 8 heteroatoms. The second kappa shape index (κ2) is 8.14. The van der Waals surface area contributed by atoms with Gasteiger partial charge in [0.1, 0.15) is 0 Å². The fourth-order valence-corrected chi connectivity index (χ4v) is 5.18. The standard InChI is InChI=1S/C26H28N6O2/c1-17-5-6-28-22(9-17)20-12-29-25(30-13-20)32-14-26(15-34-16-26)21-4-3-19(10-23(21)32)24(33)31-8-7-27-11-18(31)2/h3-6,9-10,12-13,18,27H,7-8,11,14-16H2,1-2H3/t18-/m0/s1. The molecule has 3 aromatic rings. The molecule has 3 aliphatic rings. The van der Waals surface area contributed by atoms with E-state index in [0.29, 0.717) is 24.7 Å². The number of aryl methyl sites for hydroxylation is 1. The van der Waals surface area contributed by atoms with Crippen molar-refractivity contribution in [1.82, 2.24) is 25.2 Å². The van der Waals surface area contributed by atoms with Crippen molar-refractivity contribution in [1.29, 1.82) is 0 Å². The maximum absolute atomic E-state index is 13.3. The van der Waals surface area contributed by atoms with Gasteiger partial charge in [-0.15, -0.1) is 0 Å². The molecule has 0 unspecified atom stereocenters. The zero-order chi connectivity index (χ0) is 23.3. The number of ether oxygens (including phenoxy) is 1. The third-order valence-corrected chi connectivity index (χ3v) is 7.18. The molecule has 2 aromatic heterocycles. The van der Waals surface area contributed by atoms with Crippen molar-refractivity contribution in [3.63, 3.8) is 0 Å². The van der Waals surface area contributed by atoms with Gasteiger partial charge in [-0.2, -0.15) is 0 Å². The Morgan fingerprint density at radius 3 is 2.68 bits per heavy atom. The Hall–Kier alpha value is -3.36. The lowest BCUT2D eigenvalue weighted by atomic mass is 9.80. The van der Waals surface area contributed by atoms with Gasteiger partial charge in [0.15, 0.2) is 0 Å². The minimum Gasteiger partial charge on any atom is -0.379 e. The molecule has 1 N–H and O–H groups in total. The Labute approximate surface area is 199 Å². The Morgan fingerprint density at radius 1 is 1.15 bits per heavy atom. The SMILES string of the molecule is Cc1ccnc(-c2cnc(N3CC4(COC4)c4ccc(C(=O)N5CCNC[C@@H]5C)cc43)nc2)c1. The molecule has 2 saturated heterocycles. The predicted octanol–water partition coefficient (Wildman–Crippen LogP) is 2.70. The number of rotatable bonds is 3. The van der Waals surface area contributed by atoms with E-state index in [0.717, 1.165) is 48.7 Å². The van der Waals surface area contributed by atoms with Crippen LogP contribution in [-0.2, 0) is 10.2 Å². The van der Waals surface area contributed by atoms with Gasteiger partial charge >= 0.3 is 0 Å². The Kier molecular flexibility index (Phi) is 5.08. The first-order chi connectivity index (χ1) is 16.5. The highest BCUT2D eigenvalue weighted by molar-refractivity contribution is 5.96. The molecule has 0 radical (unpaired) electrons. The maximum atomic E-state index is 13.3. The number of hydrogen-bond donors (Lipinski definition) is 1. The summed E-state index contributed by atoms with van der Waals surface area (Å²) in [5, 5.41) is 3.35. The molecular weight excluding hydrogens is 428 g/mol. The highest BCUT2D eigenvalue weighted by Gasteiger charge is 2.49. The summed E-state index contributed by atoms with van der Waals surface area (Å²) in [6.07, 6.45) is 5.44. The summed E-state index contributed by atoms with van der Waals surface area (Å²) in [6.45, 7) is 8.57. The van der Waals surface area contributed by atoms with Crippen LogP contribution in [0.1, 0.15) is 28.4 Å². The second-order valence-electron chi connectivity index (χ2n) is 9.63. The fraction of sp³-hybridized carbons (Fsp3) is 0.385. The van der Waals surface area contributed by atoms with E-state index in [4.69, 9.17) is 14.7 Å². The summed E-state index contributed by atoms with van der Waals surface area (Å²) >= 11 is 0. The average molecular weight is 457 g/mol. The summed E-state index contributed by atoms with van der Waals surface area (Å²) in [4.78, 5) is 31.3. The number of aromatic nitrogens is 3. The number of nitrogens with one attached hydrogen (secondary N) is 1. The topological polar surface area (TPSA) is 83.5 Å². The summed E-state index contributed by atoms with van der Waals surface area (Å²) in [7, 11) is 0. The molecule has 2 fully saturated rings. The van der Waals surface area contributed by atoms with Crippen LogP contribution in [-0.4, -0.2) is 71.2 Å². The van der Waals surface area contributed by atoms with Gasteiger partial charge in [0.2, 0.25) is 5.95 Å². The molecule has 3 aliphatic heterocycles. The van der Waals surface area contributed by atoms with Crippen LogP contribution in [0.15, 0.2) is 48.9 Å². The van der Waals surface area contributed by atoms with Crippen molar-refractivity contribution in [2.45, 2.75) is 25.3 Å². The van der Waals surface area contributed by atoms with E-state index >= 15 is 0 Å². The zero-order valence-corrected chi connectivity index (χ0v) is 19.5. The molecule has 0 saturated carbocycles. The number of fused-ring (bicyclic) bond motifs is 2. The molecule has 34 heavy (non-hydrogen) atoms. The molecule has 1 amide bonds. The Morgan fingerprint density at radius 2 is 1.97 bits per heavy atom. The van der Waals surface area contributed by atoms with Gasteiger partial charge in [0.05, 0.1) is 24.3 Å². The summed E-state index contributed by atoms with van der Waals surface area (Å²) in [6, 6.07) is 10.2. The van der Waals surface area contributed by atoms with Crippen LogP contribution in [0.4, 0.5) is 11.6 Å². The van der Waals surface area contributed by atoms with E-state index in [2.05, 4.69) is 28.2 Å².